The Bertz CT molecular complexity index is 642. The van der Waals surface area contributed by atoms with Crippen molar-refractivity contribution in [3.8, 4) is 11.5 Å². The van der Waals surface area contributed by atoms with Crippen LogP contribution in [0.5, 0.6) is 11.5 Å². The van der Waals surface area contributed by atoms with Crippen molar-refractivity contribution in [2.24, 2.45) is 0 Å². The number of aromatic nitrogens is 2. The zero-order valence-corrected chi connectivity index (χ0v) is 10.7. The van der Waals surface area contributed by atoms with Crippen LogP contribution in [0.15, 0.2) is 12.1 Å². The van der Waals surface area contributed by atoms with Crippen LogP contribution < -0.4 is 14.8 Å². The van der Waals surface area contributed by atoms with Gasteiger partial charge >= 0.3 is 5.97 Å². The van der Waals surface area contributed by atoms with Crippen LogP contribution in [0.4, 0.5) is 5.82 Å². The number of carbonyl (C=O) groups is 1. The molecule has 0 saturated carbocycles. The van der Waals surface area contributed by atoms with Crippen molar-refractivity contribution in [3.05, 3.63) is 17.8 Å². The molecule has 100 valence electrons. The van der Waals surface area contributed by atoms with E-state index in [4.69, 9.17) is 14.6 Å². The van der Waals surface area contributed by atoms with Crippen molar-refractivity contribution in [3.63, 3.8) is 0 Å². The molecule has 19 heavy (non-hydrogen) atoms. The predicted octanol–water partition coefficient (Wildman–Crippen LogP) is 1.39. The Hall–Kier alpha value is -2.57. The van der Waals surface area contributed by atoms with E-state index in [1.807, 2.05) is 0 Å². The number of carboxylic acid groups (broad SMARTS) is 1. The Morgan fingerprint density at radius 1 is 1.16 bits per heavy atom. The lowest BCUT2D eigenvalue weighted by molar-refractivity contribution is 0.0691. The van der Waals surface area contributed by atoms with Gasteiger partial charge in [0.2, 0.25) is 0 Å². The van der Waals surface area contributed by atoms with Crippen LogP contribution in [0.3, 0.4) is 0 Å². The van der Waals surface area contributed by atoms with E-state index >= 15 is 0 Å². The topological polar surface area (TPSA) is 93.6 Å². The molecule has 0 spiro atoms. The Balaban J connectivity index is 2.74. The van der Waals surface area contributed by atoms with Crippen LogP contribution in [-0.2, 0) is 0 Å². The van der Waals surface area contributed by atoms with Gasteiger partial charge in [-0.3, -0.25) is 0 Å². The van der Waals surface area contributed by atoms with E-state index in [1.165, 1.54) is 14.2 Å². The lowest BCUT2D eigenvalue weighted by atomic mass is 10.2. The monoisotopic (exact) mass is 263 g/mol. The zero-order valence-electron chi connectivity index (χ0n) is 10.7. The van der Waals surface area contributed by atoms with E-state index in [1.54, 1.807) is 19.2 Å². The van der Waals surface area contributed by atoms with Crippen molar-refractivity contribution < 1.29 is 19.4 Å². The Morgan fingerprint density at radius 2 is 1.68 bits per heavy atom. The maximum Gasteiger partial charge on any atom is 0.358 e. The van der Waals surface area contributed by atoms with Gasteiger partial charge in [0.05, 0.1) is 25.3 Å². The molecular weight excluding hydrogens is 250 g/mol. The first-order chi connectivity index (χ1) is 9.10. The molecule has 0 saturated heterocycles. The lowest BCUT2D eigenvalue weighted by Crippen LogP contribution is -2.08. The normalized spacial score (nSPS) is 10.3. The highest BCUT2D eigenvalue weighted by Gasteiger charge is 2.16. The number of methoxy groups -OCH3 is 2. The number of fused-ring (bicyclic) bond motifs is 1. The number of carboxylic acids is 1. The second-order valence-corrected chi connectivity index (χ2v) is 3.67. The summed E-state index contributed by atoms with van der Waals surface area (Å²) >= 11 is 0. The molecule has 0 aliphatic carbocycles. The summed E-state index contributed by atoms with van der Waals surface area (Å²) in [5, 5.41) is 11.8. The zero-order chi connectivity index (χ0) is 14.0. The van der Waals surface area contributed by atoms with Crippen LogP contribution >= 0.6 is 0 Å². The second kappa shape index (κ2) is 4.97. The summed E-state index contributed by atoms with van der Waals surface area (Å²) in [5.74, 6) is 0.0352. The quantitative estimate of drug-likeness (QED) is 0.860. The minimum Gasteiger partial charge on any atom is -0.493 e. The lowest BCUT2D eigenvalue weighted by Gasteiger charge is -2.10. The molecular formula is C12H13N3O4. The SMILES string of the molecule is CNc1nc2cc(OC)c(OC)cc2nc1C(=O)O. The average Bonchev–Trinajstić information content (AvgIpc) is 2.43. The molecule has 2 N–H and O–H groups in total. The minimum atomic E-state index is -1.14. The predicted molar refractivity (Wildman–Crippen MR) is 69.1 cm³/mol. The Morgan fingerprint density at radius 3 is 2.11 bits per heavy atom. The molecule has 0 aliphatic heterocycles. The number of hydrogen-bond donors (Lipinski definition) is 2. The number of benzene rings is 1. The molecule has 1 aromatic carbocycles. The van der Waals surface area contributed by atoms with E-state index < -0.39 is 5.97 Å². The van der Waals surface area contributed by atoms with Crippen molar-refractivity contribution in [2.75, 3.05) is 26.6 Å². The summed E-state index contributed by atoms with van der Waals surface area (Å²) < 4.78 is 10.3. The van der Waals surface area contributed by atoms with E-state index in [-0.39, 0.29) is 11.5 Å². The highest BCUT2D eigenvalue weighted by atomic mass is 16.5. The van der Waals surface area contributed by atoms with Gasteiger partial charge in [-0.25, -0.2) is 14.8 Å². The molecule has 0 bridgehead atoms. The van der Waals surface area contributed by atoms with Gasteiger partial charge in [-0.1, -0.05) is 0 Å². The second-order valence-electron chi connectivity index (χ2n) is 3.67. The fourth-order valence-corrected chi connectivity index (χ4v) is 1.71. The number of rotatable bonds is 4. The molecule has 1 aromatic heterocycles. The van der Waals surface area contributed by atoms with Gasteiger partial charge in [-0.15, -0.1) is 0 Å². The van der Waals surface area contributed by atoms with Crippen molar-refractivity contribution in [2.45, 2.75) is 0 Å². The molecule has 1 heterocycles. The third-order valence-corrected chi connectivity index (χ3v) is 2.61. The smallest absolute Gasteiger partial charge is 0.358 e. The summed E-state index contributed by atoms with van der Waals surface area (Å²) in [7, 11) is 4.60. The standard InChI is InChI=1S/C12H13N3O4/c1-13-11-10(12(16)17)14-6-4-8(18-2)9(19-3)5-7(6)15-11/h4-5H,1-3H3,(H,13,15)(H,16,17). The molecule has 2 aromatic rings. The first-order valence-corrected chi connectivity index (χ1v) is 5.45. The number of ether oxygens (including phenoxy) is 2. The molecule has 0 amide bonds. The van der Waals surface area contributed by atoms with Crippen molar-refractivity contribution in [1.82, 2.24) is 9.97 Å². The fourth-order valence-electron chi connectivity index (χ4n) is 1.71. The molecule has 2 rings (SSSR count). The number of hydrogen-bond acceptors (Lipinski definition) is 6. The Labute approximate surface area is 109 Å². The van der Waals surface area contributed by atoms with Crippen LogP contribution in [-0.4, -0.2) is 42.3 Å². The first kappa shape index (κ1) is 12.9. The molecule has 0 unspecified atom stereocenters. The highest BCUT2D eigenvalue weighted by molar-refractivity contribution is 5.94. The minimum absolute atomic E-state index is 0.137. The summed E-state index contributed by atoms with van der Waals surface area (Å²) in [5.41, 5.74) is 0.809. The van der Waals surface area contributed by atoms with E-state index in [2.05, 4.69) is 15.3 Å². The van der Waals surface area contributed by atoms with Crippen molar-refractivity contribution in [1.29, 1.82) is 0 Å². The van der Waals surface area contributed by atoms with Crippen LogP contribution in [0, 0.1) is 0 Å². The van der Waals surface area contributed by atoms with Gasteiger partial charge in [0.15, 0.2) is 23.0 Å². The maximum atomic E-state index is 11.1. The van der Waals surface area contributed by atoms with Gasteiger partial charge < -0.3 is 19.9 Å². The fraction of sp³-hybridized carbons (Fsp3) is 0.250. The summed E-state index contributed by atoms with van der Waals surface area (Å²) in [6.45, 7) is 0. The van der Waals surface area contributed by atoms with Crippen LogP contribution in [0.2, 0.25) is 0 Å². The Kier molecular flexibility index (Phi) is 3.37. The third kappa shape index (κ3) is 2.22. The van der Waals surface area contributed by atoms with Gasteiger partial charge in [-0.2, -0.15) is 0 Å². The molecule has 0 aliphatic rings. The third-order valence-electron chi connectivity index (χ3n) is 2.61. The molecule has 7 heteroatoms. The van der Waals surface area contributed by atoms with E-state index in [0.717, 1.165) is 0 Å². The first-order valence-electron chi connectivity index (χ1n) is 5.45. The van der Waals surface area contributed by atoms with Crippen molar-refractivity contribution >= 4 is 22.8 Å². The van der Waals surface area contributed by atoms with E-state index in [0.29, 0.717) is 22.5 Å². The summed E-state index contributed by atoms with van der Waals surface area (Å²) in [6, 6.07) is 3.24. The summed E-state index contributed by atoms with van der Waals surface area (Å²) in [4.78, 5) is 19.4. The molecule has 7 nitrogen and oxygen atoms in total. The summed E-state index contributed by atoms with van der Waals surface area (Å²) in [6.07, 6.45) is 0. The van der Waals surface area contributed by atoms with Gasteiger partial charge in [-0.05, 0) is 0 Å². The van der Waals surface area contributed by atoms with E-state index in [9.17, 15) is 4.79 Å². The van der Waals surface area contributed by atoms with Crippen LogP contribution in [0.1, 0.15) is 10.5 Å². The average molecular weight is 263 g/mol. The highest BCUT2D eigenvalue weighted by Crippen LogP contribution is 2.31. The maximum absolute atomic E-state index is 11.1. The van der Waals surface area contributed by atoms with Gasteiger partial charge in [0, 0.05) is 19.2 Å². The number of anilines is 1. The molecule has 0 atom stereocenters. The molecule has 0 fully saturated rings. The number of aromatic carboxylic acids is 1. The largest absolute Gasteiger partial charge is 0.493 e. The van der Waals surface area contributed by atoms with Crippen LogP contribution in [0.25, 0.3) is 11.0 Å². The number of nitrogens with zero attached hydrogens (tertiary/aromatic N) is 2. The van der Waals surface area contributed by atoms with Gasteiger partial charge in [0.1, 0.15) is 0 Å². The molecule has 0 radical (unpaired) electrons. The number of nitrogens with one attached hydrogen (secondary N) is 1. The van der Waals surface area contributed by atoms with Gasteiger partial charge in [0.25, 0.3) is 0 Å².